The van der Waals surface area contributed by atoms with Crippen molar-refractivity contribution in [2.75, 3.05) is 13.2 Å². The SMILES string of the molecule is CCCCCCCCCCCCCCCCCCCCCCO[C@@H]1CCC[C@H]1COCc1ccccc1. The van der Waals surface area contributed by atoms with E-state index in [1.54, 1.807) is 0 Å². The van der Waals surface area contributed by atoms with Crippen molar-refractivity contribution in [1.29, 1.82) is 0 Å². The van der Waals surface area contributed by atoms with Crippen molar-refractivity contribution in [3.63, 3.8) is 0 Å². The molecular weight excluding hydrogens is 452 g/mol. The first-order valence-corrected chi connectivity index (χ1v) is 16.6. The van der Waals surface area contributed by atoms with Gasteiger partial charge in [0.2, 0.25) is 0 Å². The summed E-state index contributed by atoms with van der Waals surface area (Å²) < 4.78 is 12.3. The number of hydrogen-bond donors (Lipinski definition) is 0. The molecular formula is C35H62O2. The molecule has 0 aliphatic heterocycles. The Morgan fingerprint density at radius 2 is 1.08 bits per heavy atom. The van der Waals surface area contributed by atoms with E-state index in [0.717, 1.165) is 19.8 Å². The van der Waals surface area contributed by atoms with Crippen LogP contribution in [0.3, 0.4) is 0 Å². The monoisotopic (exact) mass is 514 g/mol. The van der Waals surface area contributed by atoms with Crippen molar-refractivity contribution in [2.45, 2.75) is 167 Å². The fraction of sp³-hybridized carbons (Fsp3) is 0.829. The van der Waals surface area contributed by atoms with Gasteiger partial charge in [0.25, 0.3) is 0 Å². The third-order valence-corrected chi connectivity index (χ3v) is 8.36. The first-order chi connectivity index (χ1) is 18.4. The molecule has 0 aromatic heterocycles. The minimum absolute atomic E-state index is 0.427. The maximum absolute atomic E-state index is 6.28. The fourth-order valence-corrected chi connectivity index (χ4v) is 5.91. The van der Waals surface area contributed by atoms with Crippen LogP contribution in [0.15, 0.2) is 30.3 Å². The first-order valence-electron chi connectivity index (χ1n) is 16.6. The van der Waals surface area contributed by atoms with Crippen LogP contribution in [0.25, 0.3) is 0 Å². The molecule has 0 spiro atoms. The molecule has 0 bridgehead atoms. The molecule has 1 saturated carbocycles. The van der Waals surface area contributed by atoms with Crippen LogP contribution in [0.1, 0.15) is 160 Å². The lowest BCUT2D eigenvalue weighted by atomic mass is 10.0. The van der Waals surface area contributed by atoms with Crippen LogP contribution < -0.4 is 0 Å². The topological polar surface area (TPSA) is 18.5 Å². The van der Waals surface area contributed by atoms with Gasteiger partial charge in [-0.2, -0.15) is 0 Å². The van der Waals surface area contributed by atoms with E-state index in [2.05, 4.69) is 37.3 Å². The largest absolute Gasteiger partial charge is 0.378 e. The Bertz CT molecular complexity index is 586. The third kappa shape index (κ3) is 18.1. The molecule has 2 rings (SSSR count). The molecule has 214 valence electrons. The Labute approximate surface area is 231 Å². The van der Waals surface area contributed by atoms with Crippen LogP contribution in [0.2, 0.25) is 0 Å². The first kappa shape index (κ1) is 32.4. The van der Waals surface area contributed by atoms with Crippen LogP contribution in [-0.4, -0.2) is 19.3 Å². The molecule has 2 nitrogen and oxygen atoms in total. The molecule has 0 radical (unpaired) electrons. The lowest BCUT2D eigenvalue weighted by molar-refractivity contribution is -0.0119. The van der Waals surface area contributed by atoms with Gasteiger partial charge in [-0.3, -0.25) is 0 Å². The van der Waals surface area contributed by atoms with E-state index >= 15 is 0 Å². The van der Waals surface area contributed by atoms with E-state index in [-0.39, 0.29) is 0 Å². The van der Waals surface area contributed by atoms with Crippen molar-refractivity contribution in [2.24, 2.45) is 5.92 Å². The maximum atomic E-state index is 6.28. The summed E-state index contributed by atoms with van der Waals surface area (Å²) >= 11 is 0. The highest BCUT2D eigenvalue weighted by atomic mass is 16.5. The van der Waals surface area contributed by atoms with Crippen LogP contribution in [-0.2, 0) is 16.1 Å². The summed E-state index contributed by atoms with van der Waals surface area (Å²) in [5.41, 5.74) is 1.27. The highest BCUT2D eigenvalue weighted by Crippen LogP contribution is 2.29. The van der Waals surface area contributed by atoms with Crippen LogP contribution in [0.5, 0.6) is 0 Å². The summed E-state index contributed by atoms with van der Waals surface area (Å²) in [7, 11) is 0. The maximum Gasteiger partial charge on any atom is 0.0717 e. The van der Waals surface area contributed by atoms with Gasteiger partial charge >= 0.3 is 0 Å². The van der Waals surface area contributed by atoms with Gasteiger partial charge in [-0.1, -0.05) is 166 Å². The van der Waals surface area contributed by atoms with Gasteiger partial charge in [0.05, 0.1) is 19.3 Å². The quantitative estimate of drug-likeness (QED) is 0.114. The third-order valence-electron chi connectivity index (χ3n) is 8.36. The second-order valence-corrected chi connectivity index (χ2v) is 11.8. The average Bonchev–Trinajstić information content (AvgIpc) is 3.37. The summed E-state index contributed by atoms with van der Waals surface area (Å²) in [5.74, 6) is 0.591. The van der Waals surface area contributed by atoms with E-state index in [1.807, 2.05) is 0 Å². The van der Waals surface area contributed by atoms with Crippen molar-refractivity contribution < 1.29 is 9.47 Å². The summed E-state index contributed by atoms with van der Waals surface area (Å²) in [5, 5.41) is 0. The molecule has 1 aromatic carbocycles. The lowest BCUT2D eigenvalue weighted by Gasteiger charge is -2.20. The lowest BCUT2D eigenvalue weighted by Crippen LogP contribution is -2.23. The normalized spacial score (nSPS) is 17.5. The van der Waals surface area contributed by atoms with E-state index in [0.29, 0.717) is 12.0 Å². The van der Waals surface area contributed by atoms with E-state index in [4.69, 9.17) is 9.47 Å². The molecule has 1 aliphatic carbocycles. The molecule has 2 atom stereocenters. The Morgan fingerprint density at radius 1 is 0.595 bits per heavy atom. The Morgan fingerprint density at radius 3 is 1.59 bits per heavy atom. The molecule has 0 heterocycles. The number of rotatable bonds is 26. The number of unbranched alkanes of at least 4 members (excludes halogenated alkanes) is 19. The zero-order valence-electron chi connectivity index (χ0n) is 24.7. The van der Waals surface area contributed by atoms with Gasteiger partial charge < -0.3 is 9.47 Å². The summed E-state index contributed by atoms with van der Waals surface area (Å²) in [6.45, 7) is 4.82. The van der Waals surface area contributed by atoms with Crippen molar-refractivity contribution in [3.05, 3.63) is 35.9 Å². The average molecular weight is 515 g/mol. The predicted octanol–water partition coefficient (Wildman–Crippen LogP) is 11.2. The fourth-order valence-electron chi connectivity index (χ4n) is 5.91. The van der Waals surface area contributed by atoms with Crippen LogP contribution >= 0.6 is 0 Å². The number of benzene rings is 1. The standard InChI is InChI=1S/C35H62O2/c1-2-3-4-5-6-7-8-9-10-11-12-13-14-15-16-17-18-19-20-24-30-37-35-29-25-28-34(35)32-36-31-33-26-22-21-23-27-33/h21-23,26-27,34-35H,2-20,24-25,28-32H2,1H3/t34-,35+/m0/s1. The molecule has 2 heteroatoms. The van der Waals surface area contributed by atoms with Gasteiger partial charge in [0, 0.05) is 12.5 Å². The molecule has 37 heavy (non-hydrogen) atoms. The van der Waals surface area contributed by atoms with Crippen molar-refractivity contribution in [1.82, 2.24) is 0 Å². The molecule has 0 unspecified atom stereocenters. The summed E-state index contributed by atoms with van der Waals surface area (Å²) in [4.78, 5) is 0. The molecule has 0 amide bonds. The number of ether oxygens (including phenoxy) is 2. The predicted molar refractivity (Wildman–Crippen MR) is 161 cm³/mol. The van der Waals surface area contributed by atoms with Gasteiger partial charge in [0.15, 0.2) is 0 Å². The smallest absolute Gasteiger partial charge is 0.0717 e. The highest BCUT2D eigenvalue weighted by molar-refractivity contribution is 5.13. The Hall–Kier alpha value is -0.860. The van der Waals surface area contributed by atoms with Gasteiger partial charge in [0.1, 0.15) is 0 Å². The molecule has 1 aromatic rings. The van der Waals surface area contributed by atoms with E-state index in [1.165, 1.54) is 153 Å². The van der Waals surface area contributed by atoms with Gasteiger partial charge in [-0.15, -0.1) is 0 Å². The number of hydrogen-bond acceptors (Lipinski definition) is 2. The highest BCUT2D eigenvalue weighted by Gasteiger charge is 2.27. The van der Waals surface area contributed by atoms with Crippen molar-refractivity contribution in [3.8, 4) is 0 Å². The van der Waals surface area contributed by atoms with Gasteiger partial charge in [-0.25, -0.2) is 0 Å². The summed E-state index contributed by atoms with van der Waals surface area (Å²) in [6, 6.07) is 10.5. The molecule has 1 aliphatic rings. The van der Waals surface area contributed by atoms with E-state index in [9.17, 15) is 0 Å². The van der Waals surface area contributed by atoms with Gasteiger partial charge in [-0.05, 0) is 24.8 Å². The van der Waals surface area contributed by atoms with Crippen molar-refractivity contribution >= 4 is 0 Å². The minimum atomic E-state index is 0.427. The zero-order chi connectivity index (χ0) is 26.1. The molecule has 0 saturated heterocycles. The van der Waals surface area contributed by atoms with Crippen LogP contribution in [0, 0.1) is 5.92 Å². The zero-order valence-corrected chi connectivity index (χ0v) is 24.7. The minimum Gasteiger partial charge on any atom is -0.378 e. The van der Waals surface area contributed by atoms with E-state index < -0.39 is 0 Å². The Kier molecular flexibility index (Phi) is 21.2. The Balaban J connectivity index is 1.27. The van der Waals surface area contributed by atoms with Crippen LogP contribution in [0.4, 0.5) is 0 Å². The second kappa shape index (κ2) is 24.2. The summed E-state index contributed by atoms with van der Waals surface area (Å²) in [6.07, 6.45) is 32.9. The molecule has 1 fully saturated rings. The molecule has 0 N–H and O–H groups in total. The second-order valence-electron chi connectivity index (χ2n) is 11.8.